The Morgan fingerprint density at radius 1 is 1.57 bits per heavy atom. The number of likely N-dealkylation sites (tertiary alicyclic amines) is 1. The Morgan fingerprint density at radius 2 is 2.33 bits per heavy atom. The third-order valence-corrected chi connectivity index (χ3v) is 4.06. The van der Waals surface area contributed by atoms with Crippen molar-refractivity contribution in [3.05, 3.63) is 22.8 Å². The molecule has 1 aromatic rings. The van der Waals surface area contributed by atoms with Gasteiger partial charge >= 0.3 is 0 Å². The predicted molar refractivity (Wildman–Crippen MR) is 83.7 cm³/mol. The quantitative estimate of drug-likeness (QED) is 0.896. The second-order valence-electron chi connectivity index (χ2n) is 5.54. The van der Waals surface area contributed by atoms with Crippen molar-refractivity contribution in [1.29, 1.82) is 0 Å². The van der Waals surface area contributed by atoms with E-state index in [2.05, 4.69) is 17.2 Å². The lowest BCUT2D eigenvalue weighted by Gasteiger charge is -2.34. The van der Waals surface area contributed by atoms with Gasteiger partial charge < -0.3 is 15.3 Å². The zero-order valence-corrected chi connectivity index (χ0v) is 13.2. The minimum absolute atomic E-state index is 0.0721. The van der Waals surface area contributed by atoms with Crippen LogP contribution in [-0.2, 0) is 0 Å². The molecule has 1 aromatic heterocycles. The van der Waals surface area contributed by atoms with Crippen LogP contribution in [0.15, 0.2) is 12.1 Å². The number of hydrogen-bond acceptors (Lipinski definition) is 4. The smallest absolute Gasteiger partial charge is 0.274 e. The lowest BCUT2D eigenvalue weighted by molar-refractivity contribution is 0.0294. The van der Waals surface area contributed by atoms with E-state index in [4.69, 9.17) is 11.6 Å². The first-order chi connectivity index (χ1) is 10.0. The first-order valence-electron chi connectivity index (χ1n) is 7.40. The van der Waals surface area contributed by atoms with Crippen molar-refractivity contribution in [3.63, 3.8) is 0 Å². The number of rotatable bonds is 4. The van der Waals surface area contributed by atoms with E-state index in [9.17, 15) is 9.90 Å². The van der Waals surface area contributed by atoms with E-state index >= 15 is 0 Å². The summed E-state index contributed by atoms with van der Waals surface area (Å²) < 4.78 is 0. The summed E-state index contributed by atoms with van der Waals surface area (Å²) in [6.45, 7) is 5.88. The van der Waals surface area contributed by atoms with E-state index in [0.29, 0.717) is 30.4 Å². The molecule has 1 amide bonds. The van der Waals surface area contributed by atoms with Crippen LogP contribution in [0, 0.1) is 5.92 Å². The average molecular weight is 312 g/mol. The zero-order chi connectivity index (χ0) is 15.4. The molecule has 2 rings (SSSR count). The van der Waals surface area contributed by atoms with Gasteiger partial charge in [-0.25, -0.2) is 4.98 Å². The summed E-state index contributed by atoms with van der Waals surface area (Å²) in [6.07, 6.45) is 1.24. The van der Waals surface area contributed by atoms with Crippen LogP contribution >= 0.6 is 11.6 Å². The van der Waals surface area contributed by atoms with Gasteiger partial charge in [-0.2, -0.15) is 0 Å². The molecule has 0 saturated carbocycles. The van der Waals surface area contributed by atoms with Crippen LogP contribution in [0.1, 0.15) is 37.2 Å². The van der Waals surface area contributed by atoms with Crippen molar-refractivity contribution in [2.24, 2.45) is 5.92 Å². The Hall–Kier alpha value is -1.33. The van der Waals surface area contributed by atoms with Gasteiger partial charge in [-0.3, -0.25) is 4.79 Å². The molecule has 0 aromatic carbocycles. The summed E-state index contributed by atoms with van der Waals surface area (Å²) in [5.74, 6) is 0.566. The molecule has 0 bridgehead atoms. The maximum absolute atomic E-state index is 12.6. The van der Waals surface area contributed by atoms with Crippen molar-refractivity contribution in [3.8, 4) is 0 Å². The second-order valence-corrected chi connectivity index (χ2v) is 5.95. The predicted octanol–water partition coefficient (Wildman–Crippen LogP) is 2.40. The molecule has 2 N–H and O–H groups in total. The van der Waals surface area contributed by atoms with Crippen molar-refractivity contribution >= 4 is 23.3 Å². The number of anilines is 1. The van der Waals surface area contributed by atoms with Crippen molar-refractivity contribution < 1.29 is 9.90 Å². The Bertz CT molecular complexity index is 510. The molecular formula is C15H22ClN3O2. The number of carbonyl (C=O) groups is 1. The van der Waals surface area contributed by atoms with Gasteiger partial charge in [0.25, 0.3) is 5.91 Å². The SMILES string of the molecule is CCCNc1ccc(Cl)c(C(=O)N2CCC(O)C(C)C2)n1. The zero-order valence-electron chi connectivity index (χ0n) is 12.5. The minimum Gasteiger partial charge on any atom is -0.393 e. The molecule has 1 saturated heterocycles. The van der Waals surface area contributed by atoms with Crippen LogP contribution in [0.4, 0.5) is 5.82 Å². The topological polar surface area (TPSA) is 65.5 Å². The van der Waals surface area contributed by atoms with Gasteiger partial charge in [-0.1, -0.05) is 25.4 Å². The van der Waals surface area contributed by atoms with Crippen LogP contribution in [0.25, 0.3) is 0 Å². The summed E-state index contributed by atoms with van der Waals surface area (Å²) in [5, 5.41) is 13.3. The van der Waals surface area contributed by atoms with E-state index in [0.717, 1.165) is 13.0 Å². The summed E-state index contributed by atoms with van der Waals surface area (Å²) in [4.78, 5) is 18.6. The first-order valence-corrected chi connectivity index (χ1v) is 7.78. The number of aliphatic hydroxyl groups is 1. The number of carbonyl (C=O) groups excluding carboxylic acids is 1. The maximum atomic E-state index is 12.6. The molecule has 0 spiro atoms. The number of aliphatic hydroxyl groups excluding tert-OH is 1. The maximum Gasteiger partial charge on any atom is 0.274 e. The van der Waals surface area contributed by atoms with Gasteiger partial charge in [0.2, 0.25) is 0 Å². The van der Waals surface area contributed by atoms with Gasteiger partial charge in [0.1, 0.15) is 11.5 Å². The van der Waals surface area contributed by atoms with Gasteiger partial charge in [-0.15, -0.1) is 0 Å². The first kappa shape index (κ1) is 16.0. The highest BCUT2D eigenvalue weighted by Crippen LogP contribution is 2.22. The van der Waals surface area contributed by atoms with E-state index in [1.165, 1.54) is 0 Å². The Labute approximate surface area is 130 Å². The largest absolute Gasteiger partial charge is 0.393 e. The standard InChI is InChI=1S/C15H22ClN3O2/c1-3-7-17-13-5-4-11(16)14(18-13)15(21)19-8-6-12(20)10(2)9-19/h4-5,10,12,20H,3,6-9H2,1-2H3,(H,17,18). The van der Waals surface area contributed by atoms with Gasteiger partial charge in [-0.05, 0) is 30.9 Å². The molecule has 1 aliphatic rings. The van der Waals surface area contributed by atoms with Crippen LogP contribution < -0.4 is 5.32 Å². The van der Waals surface area contributed by atoms with Gasteiger partial charge in [0.15, 0.2) is 0 Å². The lowest BCUT2D eigenvalue weighted by Crippen LogP contribution is -2.45. The number of nitrogens with one attached hydrogen (secondary N) is 1. The highest BCUT2D eigenvalue weighted by atomic mass is 35.5. The second kappa shape index (κ2) is 7.09. The molecule has 2 heterocycles. The average Bonchev–Trinajstić information content (AvgIpc) is 2.48. The summed E-state index contributed by atoms with van der Waals surface area (Å²) in [7, 11) is 0. The summed E-state index contributed by atoms with van der Waals surface area (Å²) >= 11 is 6.12. The monoisotopic (exact) mass is 311 g/mol. The van der Waals surface area contributed by atoms with Crippen molar-refractivity contribution in [2.45, 2.75) is 32.8 Å². The van der Waals surface area contributed by atoms with Gasteiger partial charge in [0, 0.05) is 19.6 Å². The Kier molecular flexibility index (Phi) is 5.42. The van der Waals surface area contributed by atoms with Crippen molar-refractivity contribution in [1.82, 2.24) is 9.88 Å². The molecule has 2 atom stereocenters. The molecule has 1 aliphatic heterocycles. The number of nitrogens with zero attached hydrogens (tertiary/aromatic N) is 2. The van der Waals surface area contributed by atoms with Gasteiger partial charge in [0.05, 0.1) is 11.1 Å². The number of piperidine rings is 1. The fourth-order valence-electron chi connectivity index (χ4n) is 2.41. The molecular weight excluding hydrogens is 290 g/mol. The fourth-order valence-corrected chi connectivity index (χ4v) is 2.60. The Morgan fingerprint density at radius 3 is 3.00 bits per heavy atom. The number of hydrogen-bond donors (Lipinski definition) is 2. The fraction of sp³-hybridized carbons (Fsp3) is 0.600. The highest BCUT2D eigenvalue weighted by Gasteiger charge is 2.29. The molecule has 0 radical (unpaired) electrons. The molecule has 21 heavy (non-hydrogen) atoms. The lowest BCUT2D eigenvalue weighted by atomic mass is 9.96. The van der Waals surface area contributed by atoms with E-state index in [1.807, 2.05) is 6.92 Å². The number of aromatic nitrogens is 1. The highest BCUT2D eigenvalue weighted by molar-refractivity contribution is 6.33. The minimum atomic E-state index is -0.338. The number of amides is 1. The summed E-state index contributed by atoms with van der Waals surface area (Å²) in [6, 6.07) is 3.47. The molecule has 1 fully saturated rings. The van der Waals surface area contributed by atoms with Crippen LogP contribution in [0.2, 0.25) is 5.02 Å². The number of halogens is 1. The normalized spacial score (nSPS) is 22.2. The molecule has 2 unspecified atom stereocenters. The number of pyridine rings is 1. The van der Waals surface area contributed by atoms with Crippen LogP contribution in [-0.4, -0.2) is 46.6 Å². The molecule has 5 nitrogen and oxygen atoms in total. The Balaban J connectivity index is 2.14. The van der Waals surface area contributed by atoms with E-state index in [1.54, 1.807) is 17.0 Å². The van der Waals surface area contributed by atoms with Crippen LogP contribution in [0.5, 0.6) is 0 Å². The molecule has 6 heteroatoms. The van der Waals surface area contributed by atoms with E-state index < -0.39 is 0 Å². The third-order valence-electron chi connectivity index (χ3n) is 3.75. The molecule has 116 valence electrons. The third kappa shape index (κ3) is 3.86. The molecule has 0 aliphatic carbocycles. The summed E-state index contributed by atoms with van der Waals surface area (Å²) in [5.41, 5.74) is 0.279. The van der Waals surface area contributed by atoms with Crippen LogP contribution in [0.3, 0.4) is 0 Å². The van der Waals surface area contributed by atoms with Crippen molar-refractivity contribution in [2.75, 3.05) is 25.0 Å². The van der Waals surface area contributed by atoms with E-state index in [-0.39, 0.29) is 23.6 Å².